The van der Waals surface area contributed by atoms with Crippen LogP contribution in [0.3, 0.4) is 0 Å². The number of benzene rings is 2. The third-order valence-electron chi connectivity index (χ3n) is 3.26. The fraction of sp³-hybridized carbons (Fsp3) is 0.125. The third-order valence-corrected chi connectivity index (χ3v) is 3.48. The molecule has 21 heavy (non-hydrogen) atoms. The number of nitrogens with two attached hydrogens (primary N) is 1. The van der Waals surface area contributed by atoms with E-state index in [1.165, 1.54) is 11.0 Å². The molecule has 1 amide bonds. The minimum absolute atomic E-state index is 0.0234. The highest BCUT2D eigenvalue weighted by Crippen LogP contribution is 2.22. The van der Waals surface area contributed by atoms with Crippen molar-refractivity contribution in [2.24, 2.45) is 5.73 Å². The van der Waals surface area contributed by atoms with Crippen LogP contribution < -0.4 is 10.6 Å². The van der Waals surface area contributed by atoms with E-state index in [4.69, 9.17) is 18.0 Å². The van der Waals surface area contributed by atoms with E-state index in [0.717, 1.165) is 0 Å². The van der Waals surface area contributed by atoms with Gasteiger partial charge in [0.05, 0.1) is 11.3 Å². The summed E-state index contributed by atoms with van der Waals surface area (Å²) in [4.78, 5) is 14.0. The fourth-order valence-electron chi connectivity index (χ4n) is 2.08. The van der Waals surface area contributed by atoms with Gasteiger partial charge < -0.3 is 10.6 Å². The van der Waals surface area contributed by atoms with Crippen LogP contribution in [0.2, 0.25) is 0 Å². The van der Waals surface area contributed by atoms with Crippen molar-refractivity contribution in [3.63, 3.8) is 0 Å². The lowest BCUT2D eigenvalue weighted by molar-refractivity contribution is 0.0989. The zero-order valence-corrected chi connectivity index (χ0v) is 12.6. The average Bonchev–Trinajstić information content (AvgIpc) is 2.48. The molecule has 5 heteroatoms. The van der Waals surface area contributed by atoms with Gasteiger partial charge in [0.25, 0.3) is 5.91 Å². The Hall–Kier alpha value is -2.27. The van der Waals surface area contributed by atoms with Crippen LogP contribution in [0.15, 0.2) is 42.5 Å². The van der Waals surface area contributed by atoms with Crippen LogP contribution in [0.1, 0.15) is 21.5 Å². The maximum absolute atomic E-state index is 14.1. The Morgan fingerprint density at radius 1 is 1.14 bits per heavy atom. The normalized spacial score (nSPS) is 10.2. The Labute approximate surface area is 128 Å². The molecule has 0 atom stereocenters. The molecular weight excluding hydrogens is 287 g/mol. The molecule has 2 aromatic rings. The predicted molar refractivity (Wildman–Crippen MR) is 86.2 cm³/mol. The number of nitrogens with zero attached hydrogens (tertiary/aromatic N) is 1. The van der Waals surface area contributed by atoms with E-state index < -0.39 is 11.7 Å². The first-order chi connectivity index (χ1) is 9.93. The number of hydrogen-bond acceptors (Lipinski definition) is 2. The molecule has 0 aliphatic heterocycles. The molecule has 0 aromatic heterocycles. The van der Waals surface area contributed by atoms with Gasteiger partial charge in [-0.25, -0.2) is 4.39 Å². The number of aryl methyl sites for hydroxylation is 1. The van der Waals surface area contributed by atoms with E-state index in [1.54, 1.807) is 50.4 Å². The summed E-state index contributed by atoms with van der Waals surface area (Å²) in [6.07, 6.45) is 0. The van der Waals surface area contributed by atoms with Gasteiger partial charge in [-0.1, -0.05) is 36.5 Å². The molecule has 3 nitrogen and oxygen atoms in total. The fourth-order valence-corrected chi connectivity index (χ4v) is 2.25. The molecular formula is C16H15FN2OS. The monoisotopic (exact) mass is 302 g/mol. The molecule has 0 saturated carbocycles. The summed E-state index contributed by atoms with van der Waals surface area (Å²) in [5.41, 5.74) is 7.25. The van der Waals surface area contributed by atoms with Crippen LogP contribution in [0, 0.1) is 12.7 Å². The largest absolute Gasteiger partial charge is 0.389 e. The summed E-state index contributed by atoms with van der Waals surface area (Å²) in [5, 5.41) is 0. The second kappa shape index (κ2) is 6.01. The van der Waals surface area contributed by atoms with Crippen molar-refractivity contribution in [1.82, 2.24) is 0 Å². The molecule has 0 radical (unpaired) electrons. The van der Waals surface area contributed by atoms with Gasteiger partial charge in [0.15, 0.2) is 0 Å². The van der Waals surface area contributed by atoms with E-state index in [9.17, 15) is 9.18 Å². The van der Waals surface area contributed by atoms with Gasteiger partial charge in [0, 0.05) is 12.6 Å². The first kappa shape index (κ1) is 15.1. The van der Waals surface area contributed by atoms with Gasteiger partial charge in [-0.2, -0.15) is 0 Å². The minimum Gasteiger partial charge on any atom is -0.389 e. The molecule has 108 valence electrons. The smallest absolute Gasteiger partial charge is 0.261 e. The molecule has 0 bridgehead atoms. The van der Waals surface area contributed by atoms with E-state index >= 15 is 0 Å². The molecule has 0 saturated heterocycles. The summed E-state index contributed by atoms with van der Waals surface area (Å²) in [6, 6.07) is 11.7. The summed E-state index contributed by atoms with van der Waals surface area (Å²) in [7, 11) is 1.57. The molecule has 0 unspecified atom stereocenters. The molecule has 2 aromatic carbocycles. The number of halogens is 1. The maximum Gasteiger partial charge on any atom is 0.261 e. The SMILES string of the molecule is Cc1cccc(C(=O)N(C)c2ccccc2C(N)=S)c1F. The van der Waals surface area contributed by atoms with Crippen LogP contribution in [0.4, 0.5) is 10.1 Å². The van der Waals surface area contributed by atoms with Crippen molar-refractivity contribution in [1.29, 1.82) is 0 Å². The molecule has 0 aliphatic rings. The molecule has 0 heterocycles. The van der Waals surface area contributed by atoms with Crippen molar-refractivity contribution in [3.05, 3.63) is 65.0 Å². The van der Waals surface area contributed by atoms with E-state index in [-0.39, 0.29) is 10.6 Å². The first-order valence-electron chi connectivity index (χ1n) is 6.35. The van der Waals surface area contributed by atoms with Gasteiger partial charge >= 0.3 is 0 Å². The standard InChI is InChI=1S/C16H15FN2OS/c1-10-6-5-8-12(14(10)17)16(20)19(2)13-9-4-3-7-11(13)15(18)21/h3-9H,1-2H3,(H2,18,21). The van der Waals surface area contributed by atoms with Gasteiger partial charge in [0.2, 0.25) is 0 Å². The topological polar surface area (TPSA) is 46.3 Å². The Morgan fingerprint density at radius 3 is 2.43 bits per heavy atom. The second-order valence-corrected chi connectivity index (χ2v) is 5.12. The number of carbonyl (C=O) groups is 1. The lowest BCUT2D eigenvalue weighted by atomic mass is 10.1. The Morgan fingerprint density at radius 2 is 1.76 bits per heavy atom. The Bertz CT molecular complexity index is 715. The lowest BCUT2D eigenvalue weighted by Crippen LogP contribution is -2.29. The van der Waals surface area contributed by atoms with Crippen LogP contribution in [-0.4, -0.2) is 17.9 Å². The summed E-state index contributed by atoms with van der Waals surface area (Å²) >= 11 is 4.98. The number of rotatable bonds is 3. The van der Waals surface area contributed by atoms with Gasteiger partial charge in [-0.15, -0.1) is 0 Å². The van der Waals surface area contributed by atoms with Crippen LogP contribution in [-0.2, 0) is 0 Å². The van der Waals surface area contributed by atoms with E-state index in [0.29, 0.717) is 16.8 Å². The third kappa shape index (κ3) is 2.92. The van der Waals surface area contributed by atoms with Gasteiger partial charge in [-0.3, -0.25) is 4.79 Å². The quantitative estimate of drug-likeness (QED) is 0.886. The van der Waals surface area contributed by atoms with Crippen LogP contribution in [0.25, 0.3) is 0 Å². The van der Waals surface area contributed by atoms with E-state index in [1.807, 2.05) is 0 Å². The molecule has 2 rings (SSSR count). The van der Waals surface area contributed by atoms with Crippen molar-refractivity contribution in [2.75, 3.05) is 11.9 Å². The first-order valence-corrected chi connectivity index (χ1v) is 6.76. The van der Waals surface area contributed by atoms with Crippen molar-refractivity contribution < 1.29 is 9.18 Å². The number of carbonyl (C=O) groups excluding carboxylic acids is 1. The van der Waals surface area contributed by atoms with Gasteiger partial charge in [-0.05, 0) is 30.7 Å². The molecule has 0 aliphatic carbocycles. The zero-order chi connectivity index (χ0) is 15.6. The number of thiocarbonyl (C=S) groups is 1. The molecule has 0 spiro atoms. The summed E-state index contributed by atoms with van der Waals surface area (Å²) < 4.78 is 14.1. The highest BCUT2D eigenvalue weighted by molar-refractivity contribution is 7.80. The number of hydrogen-bond donors (Lipinski definition) is 1. The molecule has 0 fully saturated rings. The zero-order valence-electron chi connectivity index (χ0n) is 11.8. The summed E-state index contributed by atoms with van der Waals surface area (Å²) in [5.74, 6) is -0.956. The second-order valence-electron chi connectivity index (χ2n) is 4.68. The predicted octanol–water partition coefficient (Wildman–Crippen LogP) is 3.04. The van der Waals surface area contributed by atoms with Crippen LogP contribution >= 0.6 is 12.2 Å². The number of amides is 1. The van der Waals surface area contributed by atoms with Crippen molar-refractivity contribution >= 4 is 28.8 Å². The number of anilines is 1. The highest BCUT2D eigenvalue weighted by atomic mass is 32.1. The Kier molecular flexibility index (Phi) is 4.33. The summed E-state index contributed by atoms with van der Waals surface area (Å²) in [6.45, 7) is 1.62. The minimum atomic E-state index is -0.512. The van der Waals surface area contributed by atoms with E-state index in [2.05, 4.69) is 0 Å². The average molecular weight is 302 g/mol. The maximum atomic E-state index is 14.1. The molecule has 2 N–H and O–H groups in total. The van der Waals surface area contributed by atoms with Crippen molar-refractivity contribution in [3.8, 4) is 0 Å². The highest BCUT2D eigenvalue weighted by Gasteiger charge is 2.20. The lowest BCUT2D eigenvalue weighted by Gasteiger charge is -2.21. The van der Waals surface area contributed by atoms with Crippen LogP contribution in [0.5, 0.6) is 0 Å². The number of para-hydroxylation sites is 1. The Balaban J connectivity index is 2.45. The van der Waals surface area contributed by atoms with Crippen molar-refractivity contribution in [2.45, 2.75) is 6.92 Å². The van der Waals surface area contributed by atoms with Gasteiger partial charge in [0.1, 0.15) is 10.8 Å².